The van der Waals surface area contributed by atoms with E-state index in [2.05, 4.69) is 81.4 Å². The van der Waals surface area contributed by atoms with Crippen LogP contribution in [0, 0.1) is 0 Å². The van der Waals surface area contributed by atoms with Crippen LogP contribution in [0.2, 0.25) is 0 Å². The molecule has 4 heteroatoms. The largest absolute Gasteiger partial charge is 0.359 e. The fraction of sp³-hybridized carbons (Fsp3) is 0.269. The Hall–Kier alpha value is -2.17. The quantitative estimate of drug-likeness (QED) is 0.257. The van der Waals surface area contributed by atoms with Crippen molar-refractivity contribution in [1.82, 2.24) is 0 Å². The van der Waals surface area contributed by atoms with E-state index < -0.39 is 0 Å². The summed E-state index contributed by atoms with van der Waals surface area (Å²) in [6.07, 6.45) is 12.1. The van der Waals surface area contributed by atoms with Gasteiger partial charge < -0.3 is 5.32 Å². The van der Waals surface area contributed by atoms with Crippen molar-refractivity contribution in [1.29, 1.82) is 0 Å². The molecule has 0 radical (unpaired) electrons. The maximum atomic E-state index is 11.8. The molecule has 1 aromatic carbocycles. The van der Waals surface area contributed by atoms with Gasteiger partial charge in [0.15, 0.2) is 5.78 Å². The number of anilines is 1. The molecule has 0 heterocycles. The first kappa shape index (κ1) is 22.5. The van der Waals surface area contributed by atoms with Crippen molar-refractivity contribution >= 4 is 40.8 Å². The van der Waals surface area contributed by atoms with Gasteiger partial charge >= 0.3 is 0 Å². The fourth-order valence-corrected chi connectivity index (χ4v) is 5.70. The fourth-order valence-electron chi connectivity index (χ4n) is 3.99. The molecule has 2 nitrogen and oxygen atoms in total. The van der Waals surface area contributed by atoms with Crippen LogP contribution >= 0.6 is 24.4 Å². The SMILES string of the molecule is C=CC1=C(SC/C(S)=C(/C=C)C(C)=O)c2ccc(NC3=CC=CCC3)cc2C1(C)C. The second-order valence-electron chi connectivity index (χ2n) is 8.03. The van der Waals surface area contributed by atoms with Crippen LogP contribution in [-0.4, -0.2) is 11.5 Å². The second kappa shape index (κ2) is 9.32. The summed E-state index contributed by atoms with van der Waals surface area (Å²) in [6.45, 7) is 13.9. The normalized spacial score (nSPS) is 17.8. The summed E-state index contributed by atoms with van der Waals surface area (Å²) in [5, 5.41) is 3.57. The van der Waals surface area contributed by atoms with Gasteiger partial charge in [0.05, 0.1) is 0 Å². The Kier molecular flexibility index (Phi) is 6.99. The number of hydrogen-bond acceptors (Lipinski definition) is 4. The number of Topliss-reactive ketones (excluding diaryl/α,β-unsaturated/α-hetero) is 1. The Morgan fingerprint density at radius 1 is 1.33 bits per heavy atom. The Morgan fingerprint density at radius 3 is 2.70 bits per heavy atom. The summed E-state index contributed by atoms with van der Waals surface area (Å²) < 4.78 is 0. The van der Waals surface area contributed by atoms with Crippen LogP contribution in [0.5, 0.6) is 0 Å². The Bertz CT molecular complexity index is 1020. The molecular formula is C26H29NOS2. The monoisotopic (exact) mass is 435 g/mol. The third kappa shape index (κ3) is 4.45. The molecule has 0 atom stereocenters. The zero-order chi connectivity index (χ0) is 21.9. The van der Waals surface area contributed by atoms with Crippen molar-refractivity contribution in [2.75, 3.05) is 11.1 Å². The van der Waals surface area contributed by atoms with Gasteiger partial charge in [-0.3, -0.25) is 4.79 Å². The molecule has 3 rings (SSSR count). The highest BCUT2D eigenvalue weighted by Crippen LogP contribution is 2.52. The number of benzene rings is 1. The van der Waals surface area contributed by atoms with Gasteiger partial charge in [-0.2, -0.15) is 0 Å². The molecule has 0 aromatic heterocycles. The first-order valence-corrected chi connectivity index (χ1v) is 11.6. The number of thiol groups is 1. The topological polar surface area (TPSA) is 29.1 Å². The molecule has 0 saturated heterocycles. The molecule has 30 heavy (non-hydrogen) atoms. The van der Waals surface area contributed by atoms with Crippen LogP contribution in [0.3, 0.4) is 0 Å². The molecule has 0 saturated carbocycles. The maximum Gasteiger partial charge on any atom is 0.160 e. The predicted octanol–water partition coefficient (Wildman–Crippen LogP) is 7.21. The van der Waals surface area contributed by atoms with E-state index in [4.69, 9.17) is 0 Å². The first-order chi connectivity index (χ1) is 14.3. The van der Waals surface area contributed by atoms with E-state index in [-0.39, 0.29) is 11.2 Å². The lowest BCUT2D eigenvalue weighted by Gasteiger charge is -2.23. The number of allylic oxidation sites excluding steroid dienone is 8. The Labute approximate surface area is 190 Å². The van der Waals surface area contributed by atoms with E-state index >= 15 is 0 Å². The van der Waals surface area contributed by atoms with Gasteiger partial charge in [0.1, 0.15) is 0 Å². The summed E-state index contributed by atoms with van der Waals surface area (Å²) in [5.41, 5.74) is 6.52. The number of nitrogens with one attached hydrogen (secondary N) is 1. The lowest BCUT2D eigenvalue weighted by molar-refractivity contribution is -0.113. The average molecular weight is 436 g/mol. The van der Waals surface area contributed by atoms with Crippen LogP contribution in [-0.2, 0) is 10.2 Å². The molecule has 0 spiro atoms. The van der Waals surface area contributed by atoms with Crippen LogP contribution in [0.4, 0.5) is 5.69 Å². The van der Waals surface area contributed by atoms with Crippen LogP contribution in [0.1, 0.15) is 44.7 Å². The number of hydrogen-bond donors (Lipinski definition) is 2. The van der Waals surface area contributed by atoms with Crippen molar-refractivity contribution in [3.05, 3.63) is 94.6 Å². The molecule has 0 aliphatic heterocycles. The van der Waals surface area contributed by atoms with Gasteiger partial charge in [-0.25, -0.2) is 0 Å². The van der Waals surface area contributed by atoms with Crippen molar-refractivity contribution in [3.8, 4) is 0 Å². The van der Waals surface area contributed by atoms with Gasteiger partial charge in [0.25, 0.3) is 0 Å². The minimum Gasteiger partial charge on any atom is -0.359 e. The van der Waals surface area contributed by atoms with E-state index in [0.717, 1.165) is 23.4 Å². The molecule has 0 unspecified atom stereocenters. The third-order valence-corrected chi connectivity index (χ3v) is 7.40. The van der Waals surface area contributed by atoms with Crippen LogP contribution in [0.25, 0.3) is 4.91 Å². The summed E-state index contributed by atoms with van der Waals surface area (Å²) in [6, 6.07) is 6.59. The zero-order valence-corrected chi connectivity index (χ0v) is 19.6. The number of thioether (sulfide) groups is 1. The maximum absolute atomic E-state index is 11.8. The summed E-state index contributed by atoms with van der Waals surface area (Å²) in [5.74, 6) is 0.606. The van der Waals surface area contributed by atoms with E-state index in [0.29, 0.717) is 11.3 Å². The van der Waals surface area contributed by atoms with Crippen LogP contribution < -0.4 is 5.32 Å². The zero-order valence-electron chi connectivity index (χ0n) is 17.9. The van der Waals surface area contributed by atoms with Crippen molar-refractivity contribution in [2.24, 2.45) is 0 Å². The van der Waals surface area contributed by atoms with Gasteiger partial charge in [-0.05, 0) is 54.7 Å². The lowest BCUT2D eigenvalue weighted by Crippen LogP contribution is -2.16. The third-order valence-electron chi connectivity index (χ3n) is 5.63. The molecule has 156 valence electrons. The molecule has 1 N–H and O–H groups in total. The minimum absolute atomic E-state index is 0.0109. The summed E-state index contributed by atoms with van der Waals surface area (Å²) in [4.78, 5) is 13.8. The van der Waals surface area contributed by atoms with E-state index in [1.165, 1.54) is 27.3 Å². The molecule has 0 bridgehead atoms. The smallest absolute Gasteiger partial charge is 0.160 e. The highest BCUT2D eigenvalue weighted by Gasteiger charge is 2.36. The molecular weight excluding hydrogens is 406 g/mol. The number of ketones is 1. The van der Waals surface area contributed by atoms with Gasteiger partial charge in [-0.1, -0.05) is 57.4 Å². The highest BCUT2D eigenvalue weighted by atomic mass is 32.2. The van der Waals surface area contributed by atoms with Gasteiger partial charge in [0.2, 0.25) is 0 Å². The Balaban J connectivity index is 1.92. The number of rotatable bonds is 8. The molecule has 0 amide bonds. The number of carbonyl (C=O) groups excluding carboxylic acids is 1. The molecule has 2 aliphatic carbocycles. The summed E-state index contributed by atoms with van der Waals surface area (Å²) >= 11 is 6.28. The van der Waals surface area contributed by atoms with E-state index in [1.807, 2.05) is 6.08 Å². The number of carbonyl (C=O) groups is 1. The molecule has 2 aliphatic rings. The summed E-state index contributed by atoms with van der Waals surface area (Å²) in [7, 11) is 0. The molecule has 1 aromatic rings. The van der Waals surface area contributed by atoms with Gasteiger partial charge in [0, 0.05) is 37.9 Å². The first-order valence-electron chi connectivity index (χ1n) is 10.1. The predicted molar refractivity (Wildman–Crippen MR) is 136 cm³/mol. The highest BCUT2D eigenvalue weighted by molar-refractivity contribution is 8.09. The lowest BCUT2D eigenvalue weighted by atomic mass is 9.81. The number of fused-ring (bicyclic) bond motifs is 1. The standard InChI is InChI=1S/C26H29NOS2/c1-6-20(17(3)28)24(29)16-30-25-21-14-13-19(27-18-11-9-8-10-12-18)15-23(21)26(4,5)22(25)7-2/h6-9,11,13-15,27,29H,1-2,10,12,16H2,3-5H3/b24-20+. The Morgan fingerprint density at radius 2 is 2.10 bits per heavy atom. The van der Waals surface area contributed by atoms with Crippen molar-refractivity contribution in [3.63, 3.8) is 0 Å². The molecule has 0 fully saturated rings. The van der Waals surface area contributed by atoms with E-state index in [1.54, 1.807) is 24.8 Å². The van der Waals surface area contributed by atoms with Crippen molar-refractivity contribution in [2.45, 2.75) is 39.0 Å². The second-order valence-corrected chi connectivity index (χ2v) is 9.55. The average Bonchev–Trinajstić information content (AvgIpc) is 2.93. The van der Waals surface area contributed by atoms with Gasteiger partial charge in [-0.15, -0.1) is 24.4 Å². The van der Waals surface area contributed by atoms with Crippen LogP contribution in [0.15, 0.2) is 83.5 Å². The van der Waals surface area contributed by atoms with Crippen molar-refractivity contribution < 1.29 is 4.79 Å². The minimum atomic E-state index is -0.139. The van der Waals surface area contributed by atoms with E-state index in [9.17, 15) is 4.79 Å².